The van der Waals surface area contributed by atoms with Gasteiger partial charge in [0.1, 0.15) is 5.69 Å². The summed E-state index contributed by atoms with van der Waals surface area (Å²) >= 11 is 2.10. The second kappa shape index (κ2) is 5.32. The molecule has 0 saturated carbocycles. The normalized spacial score (nSPS) is 10.8. The molecule has 2 rings (SSSR count). The Morgan fingerprint density at radius 3 is 2.63 bits per heavy atom. The van der Waals surface area contributed by atoms with E-state index in [1.54, 1.807) is 17.9 Å². The Bertz CT molecular complexity index is 609. The van der Waals surface area contributed by atoms with Crippen molar-refractivity contribution in [2.24, 2.45) is 7.05 Å². The lowest BCUT2D eigenvalue weighted by atomic mass is 10.3. The van der Waals surface area contributed by atoms with E-state index in [1.165, 1.54) is 0 Å². The molecule has 2 aromatic rings. The first-order chi connectivity index (χ1) is 8.95. The smallest absolute Gasteiger partial charge is 0.275 e. The quantitative estimate of drug-likeness (QED) is 0.839. The molecule has 2 heterocycles. The van der Waals surface area contributed by atoms with Crippen molar-refractivity contribution in [2.45, 2.75) is 27.3 Å². The van der Waals surface area contributed by atoms with Crippen LogP contribution in [0.1, 0.15) is 28.8 Å². The number of hydrogen-bond acceptors (Lipinski definition) is 3. The van der Waals surface area contributed by atoms with Crippen LogP contribution in [0.3, 0.4) is 0 Å². The summed E-state index contributed by atoms with van der Waals surface area (Å²) in [5, 5.41) is 11.4. The van der Waals surface area contributed by atoms with Crippen molar-refractivity contribution in [1.29, 1.82) is 0 Å². The predicted molar refractivity (Wildman–Crippen MR) is 81.3 cm³/mol. The number of carbonyl (C=O) groups is 1. The summed E-state index contributed by atoms with van der Waals surface area (Å²) in [5.41, 5.74) is 3.13. The summed E-state index contributed by atoms with van der Waals surface area (Å²) in [4.78, 5) is 12.3. The van der Waals surface area contributed by atoms with Gasteiger partial charge in [-0.15, -0.1) is 0 Å². The van der Waals surface area contributed by atoms with Crippen LogP contribution < -0.4 is 5.32 Å². The average Bonchev–Trinajstić information content (AvgIpc) is 2.83. The van der Waals surface area contributed by atoms with E-state index < -0.39 is 0 Å². The third-order valence-electron chi connectivity index (χ3n) is 3.03. The van der Waals surface area contributed by atoms with Crippen LogP contribution in [-0.4, -0.2) is 25.5 Å². The monoisotopic (exact) mass is 373 g/mol. The first-order valence-electron chi connectivity index (χ1n) is 5.98. The number of nitrogens with one attached hydrogen (secondary N) is 1. The summed E-state index contributed by atoms with van der Waals surface area (Å²) in [6.07, 6.45) is 1.67. The Hall–Kier alpha value is -1.38. The molecular weight excluding hydrogens is 357 g/mol. The van der Waals surface area contributed by atoms with E-state index in [-0.39, 0.29) is 5.91 Å². The third kappa shape index (κ3) is 2.51. The highest BCUT2D eigenvalue weighted by Gasteiger charge is 2.19. The molecule has 0 spiro atoms. The molecule has 2 aromatic heterocycles. The van der Waals surface area contributed by atoms with Crippen molar-refractivity contribution in [3.63, 3.8) is 0 Å². The Labute approximate surface area is 125 Å². The molecule has 0 saturated heterocycles. The Balaban J connectivity index is 2.32. The molecule has 7 heteroatoms. The number of aryl methyl sites for hydroxylation is 3. The zero-order valence-electron chi connectivity index (χ0n) is 11.4. The summed E-state index contributed by atoms with van der Waals surface area (Å²) in [7, 11) is 1.76. The maximum atomic E-state index is 12.3. The van der Waals surface area contributed by atoms with Crippen LogP contribution in [-0.2, 0) is 13.6 Å². The van der Waals surface area contributed by atoms with Crippen molar-refractivity contribution in [3.8, 4) is 0 Å². The fraction of sp³-hybridized carbons (Fsp3) is 0.417. The second-order valence-electron chi connectivity index (χ2n) is 4.28. The van der Waals surface area contributed by atoms with Crippen LogP contribution in [0.2, 0.25) is 0 Å². The number of rotatable bonds is 3. The largest absolute Gasteiger partial charge is 0.317 e. The highest BCUT2D eigenvalue weighted by Crippen LogP contribution is 2.21. The van der Waals surface area contributed by atoms with Crippen molar-refractivity contribution >= 4 is 34.2 Å². The molecular formula is C12H16IN5O. The van der Waals surface area contributed by atoms with Crippen LogP contribution in [0.15, 0.2) is 6.20 Å². The molecule has 0 atom stereocenters. The van der Waals surface area contributed by atoms with E-state index in [0.717, 1.165) is 27.2 Å². The van der Waals surface area contributed by atoms with Crippen molar-refractivity contribution in [2.75, 3.05) is 5.32 Å². The van der Waals surface area contributed by atoms with Crippen molar-refractivity contribution < 1.29 is 4.79 Å². The summed E-state index contributed by atoms with van der Waals surface area (Å²) in [5.74, 6) is -0.161. The number of anilines is 1. The summed E-state index contributed by atoms with van der Waals surface area (Å²) in [6.45, 7) is 6.65. The zero-order valence-corrected chi connectivity index (χ0v) is 13.5. The molecule has 0 aliphatic carbocycles. The molecule has 0 unspecified atom stereocenters. The van der Waals surface area contributed by atoms with Crippen LogP contribution >= 0.6 is 22.6 Å². The van der Waals surface area contributed by atoms with E-state index in [0.29, 0.717) is 5.69 Å². The van der Waals surface area contributed by atoms with Crippen molar-refractivity contribution in [3.05, 3.63) is 26.8 Å². The predicted octanol–water partition coefficient (Wildman–Crippen LogP) is 2.11. The van der Waals surface area contributed by atoms with Gasteiger partial charge in [0.15, 0.2) is 0 Å². The van der Waals surface area contributed by atoms with E-state index in [1.807, 2.05) is 25.5 Å². The lowest BCUT2D eigenvalue weighted by molar-refractivity contribution is 0.101. The standard InChI is InChI=1S/C12H16IN5O/c1-5-18-8(3)10(7(2)16-18)15-12(19)11-9(13)6-14-17(11)4/h6H,5H2,1-4H3,(H,15,19). The van der Waals surface area contributed by atoms with Gasteiger partial charge in [-0.05, 0) is 43.4 Å². The highest BCUT2D eigenvalue weighted by atomic mass is 127. The molecule has 19 heavy (non-hydrogen) atoms. The molecule has 0 aliphatic heterocycles. The Morgan fingerprint density at radius 1 is 1.47 bits per heavy atom. The first kappa shape index (κ1) is 14.0. The minimum atomic E-state index is -0.161. The number of carbonyl (C=O) groups excluding carboxylic acids is 1. The lowest BCUT2D eigenvalue weighted by Crippen LogP contribution is -2.18. The number of amides is 1. The van der Waals surface area contributed by atoms with E-state index in [9.17, 15) is 4.79 Å². The van der Waals surface area contributed by atoms with Crippen LogP contribution in [0.4, 0.5) is 5.69 Å². The number of aromatic nitrogens is 4. The summed E-state index contributed by atoms with van der Waals surface area (Å²) < 4.78 is 4.28. The minimum Gasteiger partial charge on any atom is -0.317 e. The van der Waals surface area contributed by atoms with Gasteiger partial charge in [0, 0.05) is 13.6 Å². The van der Waals surface area contributed by atoms with Gasteiger partial charge in [0.05, 0.1) is 26.8 Å². The van der Waals surface area contributed by atoms with Gasteiger partial charge >= 0.3 is 0 Å². The maximum Gasteiger partial charge on any atom is 0.275 e. The van der Waals surface area contributed by atoms with Gasteiger partial charge in [-0.2, -0.15) is 10.2 Å². The molecule has 1 amide bonds. The molecule has 0 aromatic carbocycles. The minimum absolute atomic E-state index is 0.161. The number of nitrogens with zero attached hydrogens (tertiary/aromatic N) is 4. The number of hydrogen-bond donors (Lipinski definition) is 1. The highest BCUT2D eigenvalue weighted by molar-refractivity contribution is 14.1. The van der Waals surface area contributed by atoms with Gasteiger partial charge in [0.25, 0.3) is 5.91 Å². The maximum absolute atomic E-state index is 12.3. The lowest BCUT2D eigenvalue weighted by Gasteiger charge is -2.07. The van der Waals surface area contributed by atoms with Gasteiger partial charge in [0.2, 0.25) is 0 Å². The van der Waals surface area contributed by atoms with E-state index in [2.05, 4.69) is 38.1 Å². The summed E-state index contributed by atoms with van der Waals surface area (Å²) in [6, 6.07) is 0. The van der Waals surface area contributed by atoms with E-state index >= 15 is 0 Å². The van der Waals surface area contributed by atoms with Crippen LogP contribution in [0, 0.1) is 17.4 Å². The van der Waals surface area contributed by atoms with Gasteiger partial charge in [-0.3, -0.25) is 14.2 Å². The Kier molecular flexibility index (Phi) is 3.93. The van der Waals surface area contributed by atoms with Gasteiger partial charge in [-0.25, -0.2) is 0 Å². The number of halogens is 1. The van der Waals surface area contributed by atoms with Crippen LogP contribution in [0.25, 0.3) is 0 Å². The fourth-order valence-corrected chi connectivity index (χ4v) is 2.74. The Morgan fingerprint density at radius 2 is 2.16 bits per heavy atom. The zero-order chi connectivity index (χ0) is 14.2. The SMILES string of the molecule is CCn1nc(C)c(NC(=O)c2c(I)cnn2C)c1C. The first-order valence-corrected chi connectivity index (χ1v) is 7.06. The second-order valence-corrected chi connectivity index (χ2v) is 5.44. The molecule has 6 nitrogen and oxygen atoms in total. The molecule has 0 fully saturated rings. The molecule has 102 valence electrons. The topological polar surface area (TPSA) is 64.7 Å². The van der Waals surface area contributed by atoms with Gasteiger partial charge in [-0.1, -0.05) is 0 Å². The van der Waals surface area contributed by atoms with Crippen molar-refractivity contribution in [1.82, 2.24) is 19.6 Å². The average molecular weight is 373 g/mol. The third-order valence-corrected chi connectivity index (χ3v) is 3.82. The molecule has 0 aliphatic rings. The molecule has 0 bridgehead atoms. The van der Waals surface area contributed by atoms with Crippen LogP contribution in [0.5, 0.6) is 0 Å². The fourth-order valence-electron chi connectivity index (χ4n) is 2.02. The molecule has 1 N–H and O–H groups in total. The van der Waals surface area contributed by atoms with E-state index in [4.69, 9.17) is 0 Å². The molecule has 0 radical (unpaired) electrons. The van der Waals surface area contributed by atoms with Gasteiger partial charge < -0.3 is 5.32 Å².